The standard InChI is InChI=1S/C39H23N3S/c1-3-12-25(13-4-1)37-40-38(26-14-5-2-6-15-26)42-39(41-37)31-23-34-36(35-29-18-10-9-11-24(29)19-20-30(31)35)32-21-27-16-7-8-17-28(27)22-33(32)43-34/h1-23H. The lowest BCUT2D eigenvalue weighted by molar-refractivity contribution is 1.08. The monoisotopic (exact) mass is 565 g/mol. The summed E-state index contributed by atoms with van der Waals surface area (Å²) in [6.07, 6.45) is 0. The predicted molar refractivity (Wildman–Crippen MR) is 182 cm³/mol. The van der Waals surface area contributed by atoms with Crippen LogP contribution in [0.3, 0.4) is 0 Å². The molecule has 0 radical (unpaired) electrons. The van der Waals surface area contributed by atoms with E-state index in [1.165, 1.54) is 47.1 Å². The van der Waals surface area contributed by atoms with Gasteiger partial charge in [0.25, 0.3) is 0 Å². The minimum absolute atomic E-state index is 0.668. The van der Waals surface area contributed by atoms with E-state index in [-0.39, 0.29) is 0 Å². The molecular formula is C39H23N3S. The van der Waals surface area contributed by atoms with Crippen molar-refractivity contribution in [3.05, 3.63) is 140 Å². The van der Waals surface area contributed by atoms with Crippen LogP contribution in [0, 0.1) is 0 Å². The highest BCUT2D eigenvalue weighted by Gasteiger charge is 2.19. The van der Waals surface area contributed by atoms with Crippen molar-refractivity contribution in [1.29, 1.82) is 0 Å². The van der Waals surface area contributed by atoms with Gasteiger partial charge in [-0.2, -0.15) is 0 Å². The summed E-state index contributed by atoms with van der Waals surface area (Å²) in [4.78, 5) is 15.2. The van der Waals surface area contributed by atoms with E-state index in [9.17, 15) is 0 Å². The second-order valence-corrected chi connectivity index (χ2v) is 11.9. The van der Waals surface area contributed by atoms with Gasteiger partial charge in [0.1, 0.15) is 0 Å². The molecule has 0 aliphatic rings. The number of thiophene rings is 1. The molecule has 0 aliphatic carbocycles. The Morgan fingerprint density at radius 2 is 0.953 bits per heavy atom. The number of hydrogen-bond donors (Lipinski definition) is 0. The number of hydrogen-bond acceptors (Lipinski definition) is 4. The molecule has 0 bridgehead atoms. The van der Waals surface area contributed by atoms with Gasteiger partial charge in [-0.1, -0.05) is 121 Å². The van der Waals surface area contributed by atoms with Gasteiger partial charge in [0.2, 0.25) is 0 Å². The first-order chi connectivity index (χ1) is 21.3. The van der Waals surface area contributed by atoms with Crippen LogP contribution in [0.2, 0.25) is 0 Å². The summed E-state index contributed by atoms with van der Waals surface area (Å²) < 4.78 is 2.51. The molecule has 0 fully saturated rings. The van der Waals surface area contributed by atoms with E-state index in [1.54, 1.807) is 0 Å². The highest BCUT2D eigenvalue weighted by molar-refractivity contribution is 7.26. The zero-order valence-electron chi connectivity index (χ0n) is 23.0. The third-order valence-electron chi connectivity index (χ3n) is 8.27. The Bertz CT molecular complexity index is 2440. The molecule has 0 saturated heterocycles. The second kappa shape index (κ2) is 9.55. The lowest BCUT2D eigenvalue weighted by atomic mass is 9.93. The Morgan fingerprint density at radius 1 is 0.372 bits per heavy atom. The maximum atomic E-state index is 5.12. The number of aromatic nitrogens is 3. The third kappa shape index (κ3) is 3.92. The SMILES string of the molecule is c1ccc(-c2nc(-c3ccccc3)nc(-c3cc4sc5cc6ccccc6cc5c4c4c3ccc3ccccc34)n2)cc1. The number of fused-ring (bicyclic) bond motifs is 8. The fraction of sp³-hybridized carbons (Fsp3) is 0. The summed E-state index contributed by atoms with van der Waals surface area (Å²) in [5, 5.41) is 9.94. The quantitative estimate of drug-likeness (QED) is 0.200. The van der Waals surface area contributed by atoms with Crippen LogP contribution in [-0.2, 0) is 0 Å². The first kappa shape index (κ1) is 24.2. The van der Waals surface area contributed by atoms with Crippen LogP contribution in [0.1, 0.15) is 0 Å². The Labute approximate surface area is 251 Å². The minimum atomic E-state index is 0.668. The van der Waals surface area contributed by atoms with Crippen LogP contribution in [0.25, 0.3) is 86.7 Å². The molecule has 9 aromatic rings. The summed E-state index contributed by atoms with van der Waals surface area (Å²) in [6.45, 7) is 0. The van der Waals surface area contributed by atoms with Crippen molar-refractivity contribution in [2.24, 2.45) is 0 Å². The minimum Gasteiger partial charge on any atom is -0.208 e. The van der Waals surface area contributed by atoms with E-state index in [2.05, 4.69) is 103 Å². The van der Waals surface area contributed by atoms with Crippen molar-refractivity contribution in [2.75, 3.05) is 0 Å². The Balaban J connectivity index is 1.42. The summed E-state index contributed by atoms with van der Waals surface area (Å²) in [5.41, 5.74) is 2.95. The largest absolute Gasteiger partial charge is 0.208 e. The van der Waals surface area contributed by atoms with Gasteiger partial charge in [0, 0.05) is 36.9 Å². The number of benzene rings is 7. The van der Waals surface area contributed by atoms with Gasteiger partial charge >= 0.3 is 0 Å². The van der Waals surface area contributed by atoms with Gasteiger partial charge in [0.05, 0.1) is 0 Å². The molecule has 43 heavy (non-hydrogen) atoms. The van der Waals surface area contributed by atoms with E-state index >= 15 is 0 Å². The number of rotatable bonds is 3. The van der Waals surface area contributed by atoms with E-state index in [4.69, 9.17) is 15.0 Å². The van der Waals surface area contributed by atoms with Gasteiger partial charge in [-0.15, -0.1) is 11.3 Å². The summed E-state index contributed by atoms with van der Waals surface area (Å²) >= 11 is 1.84. The molecule has 0 saturated carbocycles. The van der Waals surface area contributed by atoms with Gasteiger partial charge in [-0.3, -0.25) is 0 Å². The second-order valence-electron chi connectivity index (χ2n) is 10.8. The molecule has 4 heteroatoms. The lowest BCUT2D eigenvalue weighted by Crippen LogP contribution is -2.00. The average Bonchev–Trinajstić information content (AvgIpc) is 3.44. The fourth-order valence-corrected chi connectivity index (χ4v) is 7.43. The van der Waals surface area contributed by atoms with E-state index < -0.39 is 0 Å². The summed E-state index contributed by atoms with van der Waals surface area (Å²) in [7, 11) is 0. The highest BCUT2D eigenvalue weighted by atomic mass is 32.1. The van der Waals surface area contributed by atoms with Crippen molar-refractivity contribution in [3.8, 4) is 34.2 Å². The zero-order chi connectivity index (χ0) is 28.3. The summed E-state index contributed by atoms with van der Waals surface area (Å²) in [6, 6.07) is 49.1. The first-order valence-electron chi connectivity index (χ1n) is 14.4. The smallest absolute Gasteiger partial charge is 0.164 e. The van der Waals surface area contributed by atoms with Gasteiger partial charge in [-0.25, -0.2) is 15.0 Å². The van der Waals surface area contributed by atoms with Crippen LogP contribution in [0.4, 0.5) is 0 Å². The van der Waals surface area contributed by atoms with Crippen molar-refractivity contribution in [2.45, 2.75) is 0 Å². The summed E-state index contributed by atoms with van der Waals surface area (Å²) in [5.74, 6) is 2.01. The molecule has 200 valence electrons. The molecule has 9 rings (SSSR count). The van der Waals surface area contributed by atoms with Crippen LogP contribution < -0.4 is 0 Å². The topological polar surface area (TPSA) is 38.7 Å². The van der Waals surface area contributed by atoms with Crippen LogP contribution >= 0.6 is 11.3 Å². The van der Waals surface area contributed by atoms with Crippen LogP contribution in [0.15, 0.2) is 140 Å². The van der Waals surface area contributed by atoms with E-state index in [0.717, 1.165) is 22.1 Å². The van der Waals surface area contributed by atoms with Crippen molar-refractivity contribution in [1.82, 2.24) is 15.0 Å². The molecule has 0 N–H and O–H groups in total. The number of nitrogens with zero attached hydrogens (tertiary/aromatic N) is 3. The molecule has 0 atom stereocenters. The van der Waals surface area contributed by atoms with E-state index in [0.29, 0.717) is 17.5 Å². The molecule has 0 spiro atoms. The first-order valence-corrected chi connectivity index (χ1v) is 15.2. The lowest BCUT2D eigenvalue weighted by Gasteiger charge is -2.13. The Hall–Kier alpha value is -5.45. The maximum Gasteiger partial charge on any atom is 0.164 e. The predicted octanol–water partition coefficient (Wildman–Crippen LogP) is 10.7. The Kier molecular flexibility index (Phi) is 5.37. The van der Waals surface area contributed by atoms with Gasteiger partial charge in [0.15, 0.2) is 17.5 Å². The average molecular weight is 566 g/mol. The normalized spacial score (nSPS) is 11.7. The maximum absolute atomic E-state index is 5.12. The molecule has 3 nitrogen and oxygen atoms in total. The van der Waals surface area contributed by atoms with Crippen molar-refractivity contribution >= 4 is 63.8 Å². The van der Waals surface area contributed by atoms with Crippen LogP contribution in [-0.4, -0.2) is 15.0 Å². The molecule has 7 aromatic carbocycles. The Morgan fingerprint density at radius 3 is 1.65 bits per heavy atom. The highest BCUT2D eigenvalue weighted by Crippen LogP contribution is 2.45. The molecule has 2 heterocycles. The molecule has 0 aliphatic heterocycles. The molecular weight excluding hydrogens is 543 g/mol. The van der Waals surface area contributed by atoms with Crippen LogP contribution in [0.5, 0.6) is 0 Å². The fourth-order valence-electron chi connectivity index (χ4n) is 6.25. The van der Waals surface area contributed by atoms with Gasteiger partial charge in [-0.05, 0) is 50.5 Å². The van der Waals surface area contributed by atoms with Crippen molar-refractivity contribution in [3.63, 3.8) is 0 Å². The zero-order valence-corrected chi connectivity index (χ0v) is 23.8. The van der Waals surface area contributed by atoms with Gasteiger partial charge < -0.3 is 0 Å². The molecule has 2 aromatic heterocycles. The molecule has 0 amide bonds. The third-order valence-corrected chi connectivity index (χ3v) is 9.37. The molecule has 0 unspecified atom stereocenters. The van der Waals surface area contributed by atoms with Crippen molar-refractivity contribution < 1.29 is 0 Å². The van der Waals surface area contributed by atoms with E-state index in [1.807, 2.05) is 47.7 Å².